The third-order valence-corrected chi connectivity index (χ3v) is 5.24. The summed E-state index contributed by atoms with van der Waals surface area (Å²) in [5.74, 6) is 0.409. The Kier molecular flexibility index (Phi) is 6.24. The van der Waals surface area contributed by atoms with E-state index in [2.05, 4.69) is 5.32 Å². The molecular weight excluding hydrogens is 387 g/mol. The summed E-state index contributed by atoms with van der Waals surface area (Å²) >= 11 is 12.1. The summed E-state index contributed by atoms with van der Waals surface area (Å²) in [6, 6.07) is 12.0. The molecule has 0 spiro atoms. The van der Waals surface area contributed by atoms with Crippen LogP contribution in [0.25, 0.3) is 0 Å². The van der Waals surface area contributed by atoms with Crippen molar-refractivity contribution in [1.82, 2.24) is 4.90 Å². The van der Waals surface area contributed by atoms with Crippen molar-refractivity contribution in [3.8, 4) is 5.75 Å². The molecule has 7 heteroatoms. The Balaban J connectivity index is 1.56. The SMILES string of the molecule is COc1ccc(C(=O)N2CCC(C(=O)Nc3cc(Cl)ccc3Cl)CC2)cc1. The molecule has 0 bridgehead atoms. The Labute approximate surface area is 168 Å². The molecule has 1 N–H and O–H groups in total. The third kappa shape index (κ3) is 4.73. The number of piperidine rings is 1. The van der Waals surface area contributed by atoms with E-state index in [0.29, 0.717) is 53.0 Å². The van der Waals surface area contributed by atoms with Crippen LogP contribution in [0.1, 0.15) is 23.2 Å². The minimum atomic E-state index is -0.167. The van der Waals surface area contributed by atoms with Crippen LogP contribution < -0.4 is 10.1 Å². The summed E-state index contributed by atoms with van der Waals surface area (Å²) in [5, 5.41) is 3.79. The lowest BCUT2D eigenvalue weighted by Gasteiger charge is -2.31. The smallest absolute Gasteiger partial charge is 0.253 e. The Morgan fingerprint density at radius 3 is 2.37 bits per heavy atom. The van der Waals surface area contributed by atoms with Gasteiger partial charge in [0, 0.05) is 29.6 Å². The van der Waals surface area contributed by atoms with E-state index < -0.39 is 0 Å². The fourth-order valence-corrected chi connectivity index (χ4v) is 3.43. The van der Waals surface area contributed by atoms with Gasteiger partial charge in [-0.05, 0) is 55.3 Å². The van der Waals surface area contributed by atoms with E-state index in [1.807, 2.05) is 0 Å². The molecule has 0 aliphatic carbocycles. The van der Waals surface area contributed by atoms with E-state index in [-0.39, 0.29) is 17.7 Å². The van der Waals surface area contributed by atoms with Gasteiger partial charge in [-0.2, -0.15) is 0 Å². The molecule has 0 atom stereocenters. The second-order valence-electron chi connectivity index (χ2n) is 6.41. The van der Waals surface area contributed by atoms with Crippen LogP contribution in [0.2, 0.25) is 10.0 Å². The molecule has 142 valence electrons. The minimum Gasteiger partial charge on any atom is -0.497 e. The minimum absolute atomic E-state index is 0.0330. The van der Waals surface area contributed by atoms with Crippen LogP contribution in [0.4, 0.5) is 5.69 Å². The van der Waals surface area contributed by atoms with E-state index in [0.717, 1.165) is 0 Å². The van der Waals surface area contributed by atoms with Crippen molar-refractivity contribution in [3.63, 3.8) is 0 Å². The number of nitrogens with one attached hydrogen (secondary N) is 1. The lowest BCUT2D eigenvalue weighted by Crippen LogP contribution is -2.41. The number of nitrogens with zero attached hydrogens (tertiary/aromatic N) is 1. The molecule has 0 radical (unpaired) electrons. The van der Waals surface area contributed by atoms with Gasteiger partial charge in [0.2, 0.25) is 5.91 Å². The van der Waals surface area contributed by atoms with Crippen LogP contribution in [-0.2, 0) is 4.79 Å². The molecule has 5 nitrogen and oxygen atoms in total. The summed E-state index contributed by atoms with van der Waals surface area (Å²) in [6.45, 7) is 1.07. The Hall–Kier alpha value is -2.24. The van der Waals surface area contributed by atoms with Gasteiger partial charge in [0.05, 0.1) is 17.8 Å². The first-order valence-electron chi connectivity index (χ1n) is 8.67. The zero-order valence-electron chi connectivity index (χ0n) is 14.9. The fraction of sp³-hybridized carbons (Fsp3) is 0.300. The highest BCUT2D eigenvalue weighted by Gasteiger charge is 2.28. The molecule has 1 heterocycles. The van der Waals surface area contributed by atoms with Gasteiger partial charge in [-0.3, -0.25) is 9.59 Å². The number of likely N-dealkylation sites (tertiary alicyclic amines) is 1. The van der Waals surface area contributed by atoms with Gasteiger partial charge in [-0.15, -0.1) is 0 Å². The summed E-state index contributed by atoms with van der Waals surface area (Å²) in [7, 11) is 1.59. The molecule has 1 aliphatic rings. The van der Waals surface area contributed by atoms with Crippen molar-refractivity contribution < 1.29 is 14.3 Å². The molecule has 2 amide bonds. The standard InChI is InChI=1S/C20H20Cl2N2O3/c1-27-16-5-2-14(3-6-16)20(26)24-10-8-13(9-11-24)19(25)23-18-12-15(21)4-7-17(18)22/h2-7,12-13H,8-11H2,1H3,(H,23,25). The van der Waals surface area contributed by atoms with Crippen molar-refractivity contribution >= 4 is 40.7 Å². The average Bonchev–Trinajstić information content (AvgIpc) is 2.70. The van der Waals surface area contributed by atoms with E-state index >= 15 is 0 Å². The van der Waals surface area contributed by atoms with Gasteiger partial charge in [-0.1, -0.05) is 23.2 Å². The van der Waals surface area contributed by atoms with Crippen molar-refractivity contribution in [2.24, 2.45) is 5.92 Å². The van der Waals surface area contributed by atoms with Gasteiger partial charge in [0.1, 0.15) is 5.75 Å². The summed E-state index contributed by atoms with van der Waals surface area (Å²) in [6.07, 6.45) is 1.21. The number of methoxy groups -OCH3 is 1. The Morgan fingerprint density at radius 1 is 1.07 bits per heavy atom. The van der Waals surface area contributed by atoms with Crippen LogP contribution in [-0.4, -0.2) is 36.9 Å². The first kappa shape index (κ1) is 19.5. The number of carbonyl (C=O) groups is 2. The van der Waals surface area contributed by atoms with Gasteiger partial charge in [0.15, 0.2) is 0 Å². The number of rotatable bonds is 4. The molecule has 2 aromatic carbocycles. The lowest BCUT2D eigenvalue weighted by molar-refractivity contribution is -0.121. The summed E-state index contributed by atoms with van der Waals surface area (Å²) < 4.78 is 5.11. The van der Waals surface area contributed by atoms with Gasteiger partial charge in [0.25, 0.3) is 5.91 Å². The first-order valence-corrected chi connectivity index (χ1v) is 9.43. The number of carbonyl (C=O) groups excluding carboxylic acids is 2. The summed E-state index contributed by atoms with van der Waals surface area (Å²) in [4.78, 5) is 26.9. The highest BCUT2D eigenvalue weighted by atomic mass is 35.5. The van der Waals surface area contributed by atoms with E-state index in [9.17, 15) is 9.59 Å². The number of benzene rings is 2. The number of hydrogen-bond acceptors (Lipinski definition) is 3. The fourth-order valence-electron chi connectivity index (χ4n) is 3.09. The first-order chi connectivity index (χ1) is 13.0. The number of halogens is 2. The van der Waals surface area contributed by atoms with Gasteiger partial charge in [-0.25, -0.2) is 0 Å². The number of ether oxygens (including phenoxy) is 1. The average molecular weight is 407 g/mol. The van der Waals surface area contributed by atoms with Gasteiger partial charge < -0.3 is 15.0 Å². The predicted octanol–water partition coefficient (Wildman–Crippen LogP) is 4.49. The van der Waals surface area contributed by atoms with Crippen molar-refractivity contribution in [1.29, 1.82) is 0 Å². The molecule has 1 saturated heterocycles. The maximum atomic E-state index is 12.6. The second kappa shape index (κ2) is 8.63. The van der Waals surface area contributed by atoms with Crippen LogP contribution in [0.3, 0.4) is 0 Å². The lowest BCUT2D eigenvalue weighted by atomic mass is 9.95. The third-order valence-electron chi connectivity index (χ3n) is 4.68. The predicted molar refractivity (Wildman–Crippen MR) is 107 cm³/mol. The van der Waals surface area contributed by atoms with Crippen molar-refractivity contribution in [3.05, 3.63) is 58.1 Å². The van der Waals surface area contributed by atoms with Gasteiger partial charge >= 0.3 is 0 Å². The maximum Gasteiger partial charge on any atom is 0.253 e. The quantitative estimate of drug-likeness (QED) is 0.813. The van der Waals surface area contributed by atoms with E-state index in [4.69, 9.17) is 27.9 Å². The topological polar surface area (TPSA) is 58.6 Å². The number of amides is 2. The Bertz CT molecular complexity index is 832. The van der Waals surface area contributed by atoms with E-state index in [1.165, 1.54) is 0 Å². The highest BCUT2D eigenvalue weighted by molar-refractivity contribution is 6.35. The normalized spacial score (nSPS) is 14.7. The zero-order chi connectivity index (χ0) is 19.4. The second-order valence-corrected chi connectivity index (χ2v) is 7.25. The number of anilines is 1. The molecule has 1 fully saturated rings. The van der Waals surface area contributed by atoms with Crippen LogP contribution in [0, 0.1) is 5.92 Å². The number of hydrogen-bond donors (Lipinski definition) is 1. The zero-order valence-corrected chi connectivity index (χ0v) is 16.4. The highest BCUT2D eigenvalue weighted by Crippen LogP contribution is 2.27. The molecule has 1 aliphatic heterocycles. The molecule has 3 rings (SSSR count). The van der Waals surface area contributed by atoms with Crippen LogP contribution in [0.5, 0.6) is 5.75 Å². The molecule has 0 aromatic heterocycles. The molecule has 0 unspecified atom stereocenters. The largest absolute Gasteiger partial charge is 0.497 e. The Morgan fingerprint density at radius 2 is 1.74 bits per heavy atom. The van der Waals surface area contributed by atoms with Crippen LogP contribution in [0.15, 0.2) is 42.5 Å². The maximum absolute atomic E-state index is 12.6. The molecule has 0 saturated carbocycles. The molecular formula is C20H20Cl2N2O3. The van der Waals surface area contributed by atoms with Crippen LogP contribution >= 0.6 is 23.2 Å². The molecule has 2 aromatic rings. The van der Waals surface area contributed by atoms with E-state index in [1.54, 1.807) is 54.5 Å². The molecule has 27 heavy (non-hydrogen) atoms. The van der Waals surface area contributed by atoms with Crippen molar-refractivity contribution in [2.75, 3.05) is 25.5 Å². The van der Waals surface area contributed by atoms with Crippen molar-refractivity contribution in [2.45, 2.75) is 12.8 Å². The summed E-state index contributed by atoms with van der Waals surface area (Å²) in [5.41, 5.74) is 1.12. The monoisotopic (exact) mass is 406 g/mol.